The Morgan fingerprint density at radius 1 is 1.00 bits per heavy atom. The molecule has 2 aromatic heterocycles. The normalized spacial score (nSPS) is 10.9. The molecule has 0 fully saturated rings. The summed E-state index contributed by atoms with van der Waals surface area (Å²) in [4.78, 5) is 14.1. The van der Waals surface area contributed by atoms with E-state index in [1.165, 1.54) is 16.8 Å². The van der Waals surface area contributed by atoms with Crippen molar-refractivity contribution in [1.29, 1.82) is 0 Å². The van der Waals surface area contributed by atoms with Gasteiger partial charge in [0.05, 0.1) is 5.69 Å². The highest BCUT2D eigenvalue weighted by atomic mass is 32.1. The van der Waals surface area contributed by atoms with E-state index in [0.717, 1.165) is 16.5 Å². The lowest BCUT2D eigenvalue weighted by Gasteiger charge is -2.12. The second kappa shape index (κ2) is 7.06. The molecule has 0 aliphatic rings. The number of benzene rings is 1. The van der Waals surface area contributed by atoms with Crippen LogP contribution in [0.15, 0.2) is 30.6 Å². The van der Waals surface area contributed by atoms with Crippen LogP contribution in [0.4, 0.5) is 28.1 Å². The minimum Gasteiger partial charge on any atom is -0.393 e. The number of aryl methyl sites for hydroxylation is 2. The van der Waals surface area contributed by atoms with Crippen LogP contribution >= 0.6 is 11.3 Å². The largest absolute Gasteiger partial charge is 0.393 e. The Kier molecular flexibility index (Phi) is 4.85. The van der Waals surface area contributed by atoms with Gasteiger partial charge in [0.1, 0.15) is 12.0 Å². The van der Waals surface area contributed by atoms with Crippen molar-refractivity contribution in [3.63, 3.8) is 0 Å². The van der Waals surface area contributed by atoms with Crippen molar-refractivity contribution in [3.8, 4) is 0 Å². The molecule has 130 valence electrons. The second-order valence-corrected chi connectivity index (χ2v) is 7.38. The van der Waals surface area contributed by atoms with E-state index in [4.69, 9.17) is 5.73 Å². The summed E-state index contributed by atoms with van der Waals surface area (Å²) in [5.74, 6) is 1.61. The van der Waals surface area contributed by atoms with Gasteiger partial charge in [0.15, 0.2) is 16.8 Å². The molecular formula is C18H22N6S. The molecule has 0 amide bonds. The number of nitrogen functional groups attached to an aromatic ring is 1. The lowest BCUT2D eigenvalue weighted by atomic mass is 10.0. The van der Waals surface area contributed by atoms with Gasteiger partial charge >= 0.3 is 0 Å². The summed E-state index contributed by atoms with van der Waals surface area (Å²) in [7, 11) is 0. The number of anilines is 5. The van der Waals surface area contributed by atoms with Crippen LogP contribution < -0.4 is 16.4 Å². The molecular weight excluding hydrogens is 332 g/mol. The van der Waals surface area contributed by atoms with E-state index in [9.17, 15) is 0 Å². The lowest BCUT2D eigenvalue weighted by Crippen LogP contribution is -2.05. The van der Waals surface area contributed by atoms with Crippen LogP contribution in [0.5, 0.6) is 0 Å². The quantitative estimate of drug-likeness (QED) is 0.613. The number of nitrogens with zero attached hydrogens (tertiary/aromatic N) is 3. The third kappa shape index (κ3) is 3.88. The molecule has 4 N–H and O–H groups in total. The Morgan fingerprint density at radius 3 is 2.20 bits per heavy atom. The molecule has 3 rings (SSSR count). The van der Waals surface area contributed by atoms with Crippen molar-refractivity contribution >= 4 is 39.5 Å². The Hall–Kier alpha value is -2.67. The lowest BCUT2D eigenvalue weighted by molar-refractivity contribution is 0.867. The maximum Gasteiger partial charge on any atom is 0.188 e. The standard InChI is InChI=1S/C18H22N6S/c1-10(2)13-5-7-14(8-6-13)23-16-15(19)17(21-9-20-16)24-18-22-11(3)12(4)25-18/h5-10H,19H2,1-4H3,(H2,20,21,22,23,24). The molecule has 25 heavy (non-hydrogen) atoms. The molecule has 0 radical (unpaired) electrons. The number of rotatable bonds is 5. The average molecular weight is 354 g/mol. The molecule has 0 spiro atoms. The molecule has 3 aromatic rings. The van der Waals surface area contributed by atoms with Crippen LogP contribution in [0.25, 0.3) is 0 Å². The van der Waals surface area contributed by atoms with Gasteiger partial charge in [-0.15, -0.1) is 11.3 Å². The maximum atomic E-state index is 6.23. The van der Waals surface area contributed by atoms with Gasteiger partial charge in [-0.2, -0.15) is 0 Å². The molecule has 0 saturated heterocycles. The monoisotopic (exact) mass is 354 g/mol. The van der Waals surface area contributed by atoms with Gasteiger partial charge in [0.2, 0.25) is 0 Å². The highest BCUT2D eigenvalue weighted by molar-refractivity contribution is 7.15. The van der Waals surface area contributed by atoms with Crippen molar-refractivity contribution < 1.29 is 0 Å². The number of hydrogen-bond acceptors (Lipinski definition) is 7. The summed E-state index contributed by atoms with van der Waals surface area (Å²) in [6, 6.07) is 8.25. The first-order valence-corrected chi connectivity index (χ1v) is 8.94. The Morgan fingerprint density at radius 2 is 1.64 bits per heavy atom. The van der Waals surface area contributed by atoms with E-state index in [2.05, 4.69) is 51.6 Å². The zero-order valence-corrected chi connectivity index (χ0v) is 15.6. The first-order chi connectivity index (χ1) is 11.9. The topological polar surface area (TPSA) is 88.8 Å². The minimum absolute atomic E-state index is 0.459. The van der Waals surface area contributed by atoms with Crippen molar-refractivity contribution in [3.05, 3.63) is 46.7 Å². The molecule has 0 aliphatic carbocycles. The van der Waals surface area contributed by atoms with Gasteiger partial charge < -0.3 is 16.4 Å². The molecule has 0 bridgehead atoms. The fraction of sp³-hybridized carbons (Fsp3) is 0.278. The van der Waals surface area contributed by atoms with Gasteiger partial charge in [-0.1, -0.05) is 26.0 Å². The fourth-order valence-corrected chi connectivity index (χ4v) is 3.12. The summed E-state index contributed by atoms with van der Waals surface area (Å²) >= 11 is 1.57. The Labute approximate surface area is 151 Å². The zero-order valence-electron chi connectivity index (χ0n) is 14.8. The van der Waals surface area contributed by atoms with Gasteiger partial charge in [-0.25, -0.2) is 15.0 Å². The van der Waals surface area contributed by atoms with E-state index in [0.29, 0.717) is 23.2 Å². The van der Waals surface area contributed by atoms with Crippen LogP contribution in [0.1, 0.15) is 35.9 Å². The minimum atomic E-state index is 0.459. The highest BCUT2D eigenvalue weighted by Crippen LogP contribution is 2.30. The number of nitrogens with two attached hydrogens (primary N) is 1. The van der Waals surface area contributed by atoms with Gasteiger partial charge in [-0.3, -0.25) is 0 Å². The average Bonchev–Trinajstić information content (AvgIpc) is 2.89. The van der Waals surface area contributed by atoms with E-state index in [1.807, 2.05) is 26.0 Å². The second-order valence-electron chi connectivity index (χ2n) is 6.17. The van der Waals surface area contributed by atoms with Crippen molar-refractivity contribution in [1.82, 2.24) is 15.0 Å². The molecule has 6 nitrogen and oxygen atoms in total. The van der Waals surface area contributed by atoms with Crippen LogP contribution in [-0.2, 0) is 0 Å². The fourth-order valence-electron chi connectivity index (χ4n) is 2.31. The van der Waals surface area contributed by atoms with Crippen molar-refractivity contribution in [2.45, 2.75) is 33.6 Å². The van der Waals surface area contributed by atoms with Crippen molar-refractivity contribution in [2.24, 2.45) is 0 Å². The number of thiazole rings is 1. The summed E-state index contributed by atoms with van der Waals surface area (Å²) in [5.41, 5.74) is 9.91. The summed E-state index contributed by atoms with van der Waals surface area (Å²) in [6.07, 6.45) is 1.48. The molecule has 7 heteroatoms. The van der Waals surface area contributed by atoms with Gasteiger partial charge in [0.25, 0.3) is 0 Å². The van der Waals surface area contributed by atoms with Crippen LogP contribution in [-0.4, -0.2) is 15.0 Å². The summed E-state index contributed by atoms with van der Waals surface area (Å²) in [6.45, 7) is 8.36. The van der Waals surface area contributed by atoms with E-state index in [-0.39, 0.29) is 0 Å². The molecule has 0 atom stereocenters. The molecule has 0 unspecified atom stereocenters. The van der Waals surface area contributed by atoms with Crippen LogP contribution in [0, 0.1) is 13.8 Å². The van der Waals surface area contributed by atoms with Crippen LogP contribution in [0.2, 0.25) is 0 Å². The molecule has 2 heterocycles. The Bertz CT molecular complexity index is 850. The van der Waals surface area contributed by atoms with Crippen molar-refractivity contribution in [2.75, 3.05) is 16.4 Å². The molecule has 0 aliphatic heterocycles. The predicted octanol–water partition coefficient (Wildman–Crippen LogP) is 4.74. The zero-order chi connectivity index (χ0) is 18.0. The number of nitrogens with one attached hydrogen (secondary N) is 2. The summed E-state index contributed by atoms with van der Waals surface area (Å²) < 4.78 is 0. The molecule has 1 aromatic carbocycles. The molecule has 0 saturated carbocycles. The summed E-state index contributed by atoms with van der Waals surface area (Å²) in [5, 5.41) is 7.19. The first kappa shape index (κ1) is 17.2. The SMILES string of the molecule is Cc1nc(Nc2ncnc(Nc3ccc(C(C)C)cc3)c2N)sc1C. The smallest absolute Gasteiger partial charge is 0.188 e. The number of aromatic nitrogens is 3. The van der Waals surface area contributed by atoms with E-state index < -0.39 is 0 Å². The Balaban J connectivity index is 1.80. The van der Waals surface area contributed by atoms with Gasteiger partial charge in [-0.05, 0) is 37.5 Å². The first-order valence-electron chi connectivity index (χ1n) is 8.12. The highest BCUT2D eigenvalue weighted by Gasteiger charge is 2.11. The van der Waals surface area contributed by atoms with Crippen LogP contribution in [0.3, 0.4) is 0 Å². The third-order valence-electron chi connectivity index (χ3n) is 3.98. The number of hydrogen-bond donors (Lipinski definition) is 3. The van der Waals surface area contributed by atoms with E-state index in [1.54, 1.807) is 11.3 Å². The third-order valence-corrected chi connectivity index (χ3v) is 4.97. The maximum absolute atomic E-state index is 6.23. The van der Waals surface area contributed by atoms with Gasteiger partial charge in [0, 0.05) is 10.6 Å². The van der Waals surface area contributed by atoms with E-state index >= 15 is 0 Å². The predicted molar refractivity (Wildman–Crippen MR) is 105 cm³/mol.